The molecular weight excluding hydrogens is 196 g/mol. The van der Waals surface area contributed by atoms with Crippen LogP contribution in [-0.4, -0.2) is 23.9 Å². The Morgan fingerprint density at radius 1 is 1.60 bits per heavy atom. The van der Waals surface area contributed by atoms with Crippen LogP contribution in [0.25, 0.3) is 0 Å². The molecule has 0 fully saturated rings. The summed E-state index contributed by atoms with van der Waals surface area (Å²) in [5.41, 5.74) is 1.69. The lowest BCUT2D eigenvalue weighted by Crippen LogP contribution is -2.13. The Morgan fingerprint density at radius 3 is 3.27 bits per heavy atom. The van der Waals surface area contributed by atoms with Gasteiger partial charge in [0.15, 0.2) is 0 Å². The number of hydrogen-bond acceptors (Lipinski definition) is 4. The van der Waals surface area contributed by atoms with Crippen molar-refractivity contribution in [3.8, 4) is 5.75 Å². The fourth-order valence-corrected chi connectivity index (χ4v) is 1.56. The molecule has 0 aromatic heterocycles. The summed E-state index contributed by atoms with van der Waals surface area (Å²) in [7, 11) is 0. The highest BCUT2D eigenvalue weighted by Gasteiger charge is 2.16. The summed E-state index contributed by atoms with van der Waals surface area (Å²) < 4.78 is 5.35. The normalized spacial score (nSPS) is 13.6. The molecular formula is C10H10N2O3. The van der Waals surface area contributed by atoms with E-state index in [1.807, 2.05) is 6.07 Å². The second kappa shape index (κ2) is 4.00. The number of oxime groups is 1. The first kappa shape index (κ1) is 9.51. The standard InChI is InChI=1S/C10H10N2O3/c13-10(6-11-14)12-8-2-1-3-9-7(8)4-5-15-9/h1-3,6,14H,4-5H2,(H,12,13). The van der Waals surface area contributed by atoms with Crippen LogP contribution in [0.2, 0.25) is 0 Å². The lowest BCUT2D eigenvalue weighted by molar-refractivity contribution is -0.110. The number of fused-ring (bicyclic) bond motifs is 1. The maximum Gasteiger partial charge on any atom is 0.270 e. The van der Waals surface area contributed by atoms with Crippen molar-refractivity contribution >= 4 is 17.8 Å². The smallest absolute Gasteiger partial charge is 0.270 e. The number of ether oxygens (including phenoxy) is 1. The second-order valence-electron chi connectivity index (χ2n) is 3.11. The van der Waals surface area contributed by atoms with Crippen molar-refractivity contribution in [2.75, 3.05) is 11.9 Å². The molecule has 0 saturated heterocycles. The zero-order valence-electron chi connectivity index (χ0n) is 7.93. The molecule has 5 nitrogen and oxygen atoms in total. The third-order valence-electron chi connectivity index (χ3n) is 2.18. The number of rotatable bonds is 2. The topological polar surface area (TPSA) is 70.9 Å². The first-order chi connectivity index (χ1) is 7.31. The van der Waals surface area contributed by atoms with Crippen LogP contribution < -0.4 is 10.1 Å². The minimum absolute atomic E-state index is 0.460. The Balaban J connectivity index is 2.22. The number of nitrogens with one attached hydrogen (secondary N) is 1. The first-order valence-corrected chi connectivity index (χ1v) is 4.54. The van der Waals surface area contributed by atoms with Crippen LogP contribution in [0.1, 0.15) is 5.56 Å². The number of anilines is 1. The Kier molecular flexibility index (Phi) is 2.53. The van der Waals surface area contributed by atoms with Gasteiger partial charge in [-0.2, -0.15) is 0 Å². The molecule has 0 unspecified atom stereocenters. The average Bonchev–Trinajstić information content (AvgIpc) is 2.67. The van der Waals surface area contributed by atoms with Gasteiger partial charge in [0.25, 0.3) is 5.91 Å². The van der Waals surface area contributed by atoms with Crippen LogP contribution >= 0.6 is 0 Å². The summed E-state index contributed by atoms with van der Waals surface area (Å²) in [6, 6.07) is 5.45. The van der Waals surface area contributed by atoms with Gasteiger partial charge in [0.05, 0.1) is 6.61 Å². The molecule has 1 amide bonds. The minimum Gasteiger partial charge on any atom is -0.493 e. The van der Waals surface area contributed by atoms with Crippen LogP contribution in [0, 0.1) is 0 Å². The van der Waals surface area contributed by atoms with Gasteiger partial charge in [-0.15, -0.1) is 0 Å². The highest BCUT2D eigenvalue weighted by molar-refractivity contribution is 6.31. The molecule has 0 saturated carbocycles. The van der Waals surface area contributed by atoms with Gasteiger partial charge in [0.1, 0.15) is 12.0 Å². The van der Waals surface area contributed by atoms with Crippen LogP contribution in [0.5, 0.6) is 5.75 Å². The predicted octanol–water partition coefficient (Wildman–Crippen LogP) is 1.02. The van der Waals surface area contributed by atoms with E-state index < -0.39 is 5.91 Å². The van der Waals surface area contributed by atoms with E-state index in [9.17, 15) is 4.79 Å². The van der Waals surface area contributed by atoms with Gasteiger partial charge in [-0.3, -0.25) is 4.79 Å². The monoisotopic (exact) mass is 206 g/mol. The van der Waals surface area contributed by atoms with Crippen LogP contribution in [0.4, 0.5) is 5.69 Å². The number of amides is 1. The van der Waals surface area contributed by atoms with Gasteiger partial charge in [0.2, 0.25) is 0 Å². The van der Waals surface area contributed by atoms with Crippen LogP contribution in [0.15, 0.2) is 23.4 Å². The maximum atomic E-state index is 11.2. The molecule has 2 rings (SSSR count). The zero-order chi connectivity index (χ0) is 10.7. The minimum atomic E-state index is -0.460. The van der Waals surface area contributed by atoms with Crippen molar-refractivity contribution in [2.24, 2.45) is 5.16 Å². The zero-order valence-corrected chi connectivity index (χ0v) is 7.93. The Bertz CT molecular complexity index is 415. The van der Waals surface area contributed by atoms with Gasteiger partial charge >= 0.3 is 0 Å². The highest BCUT2D eigenvalue weighted by Crippen LogP contribution is 2.31. The molecule has 5 heteroatoms. The number of hydrogen-bond donors (Lipinski definition) is 2. The fourth-order valence-electron chi connectivity index (χ4n) is 1.56. The maximum absolute atomic E-state index is 11.2. The molecule has 0 bridgehead atoms. The Morgan fingerprint density at radius 2 is 2.47 bits per heavy atom. The molecule has 78 valence electrons. The quantitative estimate of drug-likeness (QED) is 0.431. The number of benzene rings is 1. The van der Waals surface area contributed by atoms with Crippen molar-refractivity contribution in [1.29, 1.82) is 0 Å². The molecule has 1 aliphatic heterocycles. The number of nitrogens with zero attached hydrogens (tertiary/aromatic N) is 1. The third-order valence-corrected chi connectivity index (χ3v) is 2.18. The SMILES string of the molecule is O=C(C=NO)Nc1cccc2c1CCO2. The third kappa shape index (κ3) is 1.90. The lowest BCUT2D eigenvalue weighted by Gasteiger charge is -2.06. The fraction of sp³-hybridized carbons (Fsp3) is 0.200. The molecule has 15 heavy (non-hydrogen) atoms. The Labute approximate surface area is 86.4 Å². The summed E-state index contributed by atoms with van der Waals surface area (Å²) >= 11 is 0. The van der Waals surface area contributed by atoms with E-state index in [1.165, 1.54) is 0 Å². The second-order valence-corrected chi connectivity index (χ2v) is 3.11. The van der Waals surface area contributed by atoms with Crippen molar-refractivity contribution < 1.29 is 14.7 Å². The summed E-state index contributed by atoms with van der Waals surface area (Å²) in [6.45, 7) is 0.635. The lowest BCUT2D eigenvalue weighted by atomic mass is 10.1. The molecule has 1 aromatic carbocycles. The number of carbonyl (C=O) groups is 1. The van der Waals surface area contributed by atoms with Crippen molar-refractivity contribution in [1.82, 2.24) is 0 Å². The Hall–Kier alpha value is -2.04. The van der Waals surface area contributed by atoms with Crippen LogP contribution in [0.3, 0.4) is 0 Å². The van der Waals surface area contributed by atoms with Gasteiger partial charge in [-0.1, -0.05) is 11.2 Å². The van der Waals surface area contributed by atoms with E-state index in [-0.39, 0.29) is 0 Å². The van der Waals surface area contributed by atoms with Crippen molar-refractivity contribution in [3.05, 3.63) is 23.8 Å². The molecule has 1 heterocycles. The van der Waals surface area contributed by atoms with E-state index in [0.717, 1.165) is 23.9 Å². The summed E-state index contributed by atoms with van der Waals surface area (Å²) in [6.07, 6.45) is 1.59. The largest absolute Gasteiger partial charge is 0.493 e. The van der Waals surface area contributed by atoms with E-state index in [0.29, 0.717) is 12.3 Å². The van der Waals surface area contributed by atoms with Gasteiger partial charge in [0, 0.05) is 17.7 Å². The van der Waals surface area contributed by atoms with Crippen LogP contribution in [-0.2, 0) is 11.2 Å². The van der Waals surface area contributed by atoms with Crippen molar-refractivity contribution in [2.45, 2.75) is 6.42 Å². The molecule has 0 aliphatic carbocycles. The first-order valence-electron chi connectivity index (χ1n) is 4.54. The van der Waals surface area contributed by atoms with E-state index >= 15 is 0 Å². The molecule has 2 N–H and O–H groups in total. The van der Waals surface area contributed by atoms with Gasteiger partial charge < -0.3 is 15.3 Å². The van der Waals surface area contributed by atoms with E-state index in [1.54, 1.807) is 12.1 Å². The molecule has 0 radical (unpaired) electrons. The molecule has 1 aliphatic rings. The van der Waals surface area contributed by atoms with E-state index in [4.69, 9.17) is 9.94 Å². The summed E-state index contributed by atoms with van der Waals surface area (Å²) in [4.78, 5) is 11.2. The highest BCUT2D eigenvalue weighted by atomic mass is 16.5. The molecule has 0 spiro atoms. The van der Waals surface area contributed by atoms with Gasteiger partial charge in [-0.25, -0.2) is 0 Å². The predicted molar refractivity (Wildman–Crippen MR) is 54.5 cm³/mol. The summed E-state index contributed by atoms with van der Waals surface area (Å²) in [5, 5.41) is 13.5. The van der Waals surface area contributed by atoms with E-state index in [2.05, 4.69) is 10.5 Å². The van der Waals surface area contributed by atoms with Crippen molar-refractivity contribution in [3.63, 3.8) is 0 Å². The molecule has 1 aromatic rings. The number of carbonyl (C=O) groups excluding carboxylic acids is 1. The summed E-state index contributed by atoms with van der Waals surface area (Å²) in [5.74, 6) is 0.339. The average molecular weight is 206 g/mol. The molecule has 0 atom stereocenters. The van der Waals surface area contributed by atoms with Gasteiger partial charge in [-0.05, 0) is 12.1 Å².